The topological polar surface area (TPSA) is 94.2 Å². The van der Waals surface area contributed by atoms with E-state index in [4.69, 9.17) is 14.2 Å². The van der Waals surface area contributed by atoms with Gasteiger partial charge in [0.05, 0.1) is 4.90 Å². The van der Waals surface area contributed by atoms with Gasteiger partial charge in [0.2, 0.25) is 16.8 Å². The molecule has 0 aliphatic carbocycles. The lowest BCUT2D eigenvalue weighted by Gasteiger charge is -2.17. The molecule has 1 aliphatic rings. The van der Waals surface area contributed by atoms with E-state index in [-0.39, 0.29) is 30.7 Å². The van der Waals surface area contributed by atoms with Gasteiger partial charge in [-0.3, -0.25) is 4.79 Å². The van der Waals surface area contributed by atoms with E-state index in [2.05, 4.69) is 5.32 Å². The van der Waals surface area contributed by atoms with Crippen LogP contribution >= 0.6 is 0 Å². The lowest BCUT2D eigenvalue weighted by atomic mass is 10.2. The van der Waals surface area contributed by atoms with Gasteiger partial charge in [0.25, 0.3) is 5.91 Å². The highest BCUT2D eigenvalue weighted by Gasteiger charge is 2.21. The van der Waals surface area contributed by atoms with Gasteiger partial charge in [0.1, 0.15) is 5.75 Å². The molecule has 3 aromatic carbocycles. The van der Waals surface area contributed by atoms with E-state index in [0.717, 1.165) is 11.1 Å². The van der Waals surface area contributed by atoms with Crippen molar-refractivity contribution < 1.29 is 27.4 Å². The van der Waals surface area contributed by atoms with Crippen LogP contribution in [0.4, 0.5) is 0 Å². The molecule has 3 aromatic rings. The zero-order valence-electron chi connectivity index (χ0n) is 18.1. The third kappa shape index (κ3) is 5.63. The number of amides is 1. The molecule has 0 spiro atoms. The number of benzene rings is 3. The lowest BCUT2D eigenvalue weighted by molar-refractivity contribution is -0.123. The van der Waals surface area contributed by atoms with Crippen molar-refractivity contribution in [2.75, 3.05) is 20.4 Å². The number of hydrogen-bond acceptors (Lipinski definition) is 6. The third-order valence-corrected chi connectivity index (χ3v) is 6.89. The summed E-state index contributed by atoms with van der Waals surface area (Å²) < 4.78 is 43.0. The van der Waals surface area contributed by atoms with E-state index in [9.17, 15) is 13.2 Å². The summed E-state index contributed by atoms with van der Waals surface area (Å²) >= 11 is 0. The van der Waals surface area contributed by atoms with Crippen LogP contribution in [-0.4, -0.2) is 39.1 Å². The highest BCUT2D eigenvalue weighted by molar-refractivity contribution is 7.89. The summed E-state index contributed by atoms with van der Waals surface area (Å²) in [5.41, 5.74) is 1.78. The summed E-state index contributed by atoms with van der Waals surface area (Å²) in [4.78, 5) is 12.3. The molecule has 0 radical (unpaired) electrons. The fourth-order valence-electron chi connectivity index (χ4n) is 3.26. The summed E-state index contributed by atoms with van der Waals surface area (Å²) in [7, 11) is -2.11. The van der Waals surface area contributed by atoms with Gasteiger partial charge in [-0.1, -0.05) is 36.4 Å². The van der Waals surface area contributed by atoms with Crippen LogP contribution in [0, 0.1) is 0 Å². The van der Waals surface area contributed by atoms with Crippen molar-refractivity contribution in [2.45, 2.75) is 18.0 Å². The predicted octanol–water partition coefficient (Wildman–Crippen LogP) is 2.93. The number of ether oxygens (including phenoxy) is 3. The second-order valence-corrected chi connectivity index (χ2v) is 9.52. The highest BCUT2D eigenvalue weighted by Crippen LogP contribution is 2.32. The molecule has 33 heavy (non-hydrogen) atoms. The van der Waals surface area contributed by atoms with Gasteiger partial charge < -0.3 is 19.5 Å². The highest BCUT2D eigenvalue weighted by atomic mass is 32.2. The summed E-state index contributed by atoms with van der Waals surface area (Å²) in [5, 5.41) is 2.77. The van der Waals surface area contributed by atoms with Crippen LogP contribution in [0.25, 0.3) is 0 Å². The van der Waals surface area contributed by atoms with Crippen molar-refractivity contribution in [3.63, 3.8) is 0 Å². The van der Waals surface area contributed by atoms with Gasteiger partial charge in [-0.15, -0.1) is 0 Å². The first-order valence-electron chi connectivity index (χ1n) is 10.3. The van der Waals surface area contributed by atoms with E-state index in [1.165, 1.54) is 35.6 Å². The molecule has 0 unspecified atom stereocenters. The smallest absolute Gasteiger partial charge is 0.258 e. The lowest BCUT2D eigenvalue weighted by Crippen LogP contribution is -2.28. The molecule has 172 valence electrons. The Hall–Kier alpha value is -3.56. The number of sulfonamides is 1. The average Bonchev–Trinajstić information content (AvgIpc) is 3.30. The van der Waals surface area contributed by atoms with Gasteiger partial charge in [-0.2, -0.15) is 4.31 Å². The molecule has 1 aliphatic heterocycles. The molecule has 0 bridgehead atoms. The number of nitrogens with one attached hydrogen (secondary N) is 1. The van der Waals surface area contributed by atoms with Gasteiger partial charge in [-0.05, 0) is 47.5 Å². The minimum atomic E-state index is -3.65. The molecule has 0 aromatic heterocycles. The van der Waals surface area contributed by atoms with Gasteiger partial charge >= 0.3 is 0 Å². The number of hydrogen-bond donors (Lipinski definition) is 1. The van der Waals surface area contributed by atoms with Crippen molar-refractivity contribution in [1.29, 1.82) is 0 Å². The molecule has 0 atom stereocenters. The van der Waals surface area contributed by atoms with Crippen molar-refractivity contribution in [1.82, 2.24) is 9.62 Å². The molecule has 9 heteroatoms. The summed E-state index contributed by atoms with van der Waals surface area (Å²) in [6.45, 7) is 0.599. The predicted molar refractivity (Wildman–Crippen MR) is 121 cm³/mol. The monoisotopic (exact) mass is 468 g/mol. The van der Waals surface area contributed by atoms with Crippen LogP contribution in [0.2, 0.25) is 0 Å². The van der Waals surface area contributed by atoms with Crippen LogP contribution in [0.15, 0.2) is 77.7 Å². The van der Waals surface area contributed by atoms with Crippen LogP contribution in [-0.2, 0) is 27.9 Å². The van der Waals surface area contributed by atoms with Gasteiger partial charge in [0, 0.05) is 20.1 Å². The molecule has 4 rings (SSSR count). The maximum atomic E-state index is 12.8. The number of carbonyl (C=O) groups excluding carboxylic acids is 1. The van der Waals surface area contributed by atoms with E-state index >= 15 is 0 Å². The van der Waals surface area contributed by atoms with Crippen molar-refractivity contribution in [3.8, 4) is 17.2 Å². The Morgan fingerprint density at radius 3 is 2.45 bits per heavy atom. The molecule has 0 saturated carbocycles. The van der Waals surface area contributed by atoms with Crippen LogP contribution in [0.1, 0.15) is 11.1 Å². The summed E-state index contributed by atoms with van der Waals surface area (Å²) in [5.74, 6) is 1.44. The molecular weight excluding hydrogens is 444 g/mol. The normalized spacial score (nSPS) is 12.5. The first-order chi connectivity index (χ1) is 15.9. The maximum Gasteiger partial charge on any atom is 0.258 e. The Balaban J connectivity index is 1.27. The first kappa shape index (κ1) is 22.6. The number of fused-ring (bicyclic) bond motifs is 1. The largest absolute Gasteiger partial charge is 0.484 e. The number of carbonyl (C=O) groups is 1. The fourth-order valence-corrected chi connectivity index (χ4v) is 4.42. The number of nitrogens with zero attached hydrogens (tertiary/aromatic N) is 1. The van der Waals surface area contributed by atoms with E-state index in [0.29, 0.717) is 23.8 Å². The second kappa shape index (κ2) is 9.93. The zero-order valence-corrected chi connectivity index (χ0v) is 18.9. The standard InChI is InChI=1S/C24H24N2O6S/c1-26(15-18-5-3-2-4-6-18)33(28,29)21-10-8-20(9-11-21)30-16-24(27)25-14-19-7-12-22-23(13-19)32-17-31-22/h2-13H,14-17H2,1H3,(H,25,27). The Kier molecular flexibility index (Phi) is 6.81. The molecule has 1 N–H and O–H groups in total. The first-order valence-corrected chi connectivity index (χ1v) is 11.7. The Bertz CT molecular complexity index is 1210. The van der Waals surface area contributed by atoms with Crippen LogP contribution < -0.4 is 19.5 Å². The average molecular weight is 469 g/mol. The summed E-state index contributed by atoms with van der Waals surface area (Å²) in [6, 6.07) is 20.8. The molecule has 1 heterocycles. The van der Waals surface area contributed by atoms with E-state index < -0.39 is 10.0 Å². The van der Waals surface area contributed by atoms with Gasteiger partial charge in [-0.25, -0.2) is 8.42 Å². The quantitative estimate of drug-likeness (QED) is 0.519. The van der Waals surface area contributed by atoms with Crippen molar-refractivity contribution in [2.24, 2.45) is 0 Å². The number of rotatable bonds is 9. The SMILES string of the molecule is CN(Cc1ccccc1)S(=O)(=O)c1ccc(OCC(=O)NCc2ccc3c(c2)OCO3)cc1. The van der Waals surface area contributed by atoms with Crippen LogP contribution in [0.3, 0.4) is 0 Å². The van der Waals surface area contributed by atoms with Crippen molar-refractivity contribution >= 4 is 15.9 Å². The fraction of sp³-hybridized carbons (Fsp3) is 0.208. The zero-order chi connectivity index (χ0) is 23.3. The minimum Gasteiger partial charge on any atom is -0.484 e. The summed E-state index contributed by atoms with van der Waals surface area (Å²) in [6.07, 6.45) is 0. The molecule has 1 amide bonds. The van der Waals surface area contributed by atoms with Crippen LogP contribution in [0.5, 0.6) is 17.2 Å². The second-order valence-electron chi connectivity index (χ2n) is 7.47. The van der Waals surface area contributed by atoms with Gasteiger partial charge in [0.15, 0.2) is 18.1 Å². The molecular formula is C24H24N2O6S. The van der Waals surface area contributed by atoms with E-state index in [1.807, 2.05) is 42.5 Å². The minimum absolute atomic E-state index is 0.153. The van der Waals surface area contributed by atoms with Crippen molar-refractivity contribution in [3.05, 3.63) is 83.9 Å². The molecule has 0 saturated heterocycles. The Morgan fingerprint density at radius 1 is 0.970 bits per heavy atom. The molecule has 0 fully saturated rings. The Morgan fingerprint density at radius 2 is 1.70 bits per heavy atom. The molecule has 8 nitrogen and oxygen atoms in total. The third-order valence-electron chi connectivity index (χ3n) is 5.08. The van der Waals surface area contributed by atoms with E-state index in [1.54, 1.807) is 6.07 Å². The Labute approximate surface area is 192 Å². The maximum absolute atomic E-state index is 12.8.